The van der Waals surface area contributed by atoms with E-state index in [-0.39, 0.29) is 6.09 Å². The Kier molecular flexibility index (Phi) is 6.72. The van der Waals surface area contributed by atoms with E-state index in [0.29, 0.717) is 18.5 Å². The Labute approximate surface area is 141 Å². The molecule has 2 saturated carbocycles. The van der Waals surface area contributed by atoms with Gasteiger partial charge in [0.2, 0.25) is 0 Å². The first kappa shape index (κ1) is 18.5. The predicted octanol–water partition coefficient (Wildman–Crippen LogP) is 2.75. The third-order valence-corrected chi connectivity index (χ3v) is 4.84. The summed E-state index contributed by atoms with van der Waals surface area (Å²) in [6, 6.07) is 1.37. The minimum Gasteiger partial charge on any atom is -0.444 e. The zero-order chi connectivity index (χ0) is 16.9. The molecule has 2 aliphatic carbocycles. The van der Waals surface area contributed by atoms with Crippen LogP contribution in [0.1, 0.15) is 59.8 Å². The summed E-state index contributed by atoms with van der Waals surface area (Å²) in [6.45, 7) is 12.0. The molecular formula is C18H35N3O2. The maximum Gasteiger partial charge on any atom is 0.407 e. The number of alkyl carbamates (subject to hydrolysis) is 1. The Morgan fingerprint density at radius 3 is 2.57 bits per heavy atom. The van der Waals surface area contributed by atoms with Crippen molar-refractivity contribution in [2.24, 2.45) is 5.92 Å². The molecule has 0 aromatic rings. The number of amides is 1. The van der Waals surface area contributed by atoms with Gasteiger partial charge in [-0.25, -0.2) is 4.79 Å². The van der Waals surface area contributed by atoms with Crippen molar-refractivity contribution in [1.29, 1.82) is 0 Å². The number of carbonyl (C=O) groups is 1. The molecule has 0 heterocycles. The summed E-state index contributed by atoms with van der Waals surface area (Å²) < 4.78 is 5.32. The van der Waals surface area contributed by atoms with Crippen molar-refractivity contribution in [3.63, 3.8) is 0 Å². The van der Waals surface area contributed by atoms with Crippen LogP contribution < -0.4 is 10.6 Å². The summed E-state index contributed by atoms with van der Waals surface area (Å²) in [7, 11) is 0. The van der Waals surface area contributed by atoms with E-state index in [4.69, 9.17) is 4.74 Å². The molecule has 23 heavy (non-hydrogen) atoms. The monoisotopic (exact) mass is 325 g/mol. The number of nitrogens with zero attached hydrogens (tertiary/aromatic N) is 1. The number of nitrogens with one attached hydrogen (secondary N) is 2. The van der Waals surface area contributed by atoms with Gasteiger partial charge in [-0.3, -0.25) is 4.90 Å². The summed E-state index contributed by atoms with van der Waals surface area (Å²) in [6.07, 6.45) is 6.11. The minimum absolute atomic E-state index is 0.297. The maximum atomic E-state index is 11.8. The number of hydrogen-bond donors (Lipinski definition) is 2. The fourth-order valence-electron chi connectivity index (χ4n) is 3.51. The van der Waals surface area contributed by atoms with Crippen LogP contribution in [0.2, 0.25) is 0 Å². The summed E-state index contributed by atoms with van der Waals surface area (Å²) in [5.41, 5.74) is -0.427. The van der Waals surface area contributed by atoms with Gasteiger partial charge in [0.15, 0.2) is 0 Å². The Morgan fingerprint density at radius 1 is 1.22 bits per heavy atom. The van der Waals surface area contributed by atoms with Gasteiger partial charge in [-0.2, -0.15) is 0 Å². The Bertz CT molecular complexity index is 377. The van der Waals surface area contributed by atoms with E-state index in [9.17, 15) is 4.79 Å². The average molecular weight is 325 g/mol. The number of hydrogen-bond acceptors (Lipinski definition) is 4. The van der Waals surface area contributed by atoms with Crippen molar-refractivity contribution >= 4 is 6.09 Å². The lowest BCUT2D eigenvalue weighted by Crippen LogP contribution is -2.43. The largest absolute Gasteiger partial charge is 0.444 e. The Balaban J connectivity index is 1.65. The van der Waals surface area contributed by atoms with Crippen LogP contribution in [-0.4, -0.2) is 54.9 Å². The van der Waals surface area contributed by atoms with E-state index in [0.717, 1.165) is 25.7 Å². The van der Waals surface area contributed by atoms with Gasteiger partial charge in [0, 0.05) is 31.7 Å². The average Bonchev–Trinajstić information content (AvgIpc) is 3.19. The summed E-state index contributed by atoms with van der Waals surface area (Å²) in [5.74, 6) is 0.526. The van der Waals surface area contributed by atoms with Crippen molar-refractivity contribution < 1.29 is 9.53 Å². The van der Waals surface area contributed by atoms with E-state index >= 15 is 0 Å². The van der Waals surface area contributed by atoms with Gasteiger partial charge in [-0.1, -0.05) is 13.3 Å². The van der Waals surface area contributed by atoms with Gasteiger partial charge < -0.3 is 15.4 Å². The lowest BCUT2D eigenvalue weighted by atomic mass is 10.0. The van der Waals surface area contributed by atoms with Crippen molar-refractivity contribution in [3.8, 4) is 0 Å². The van der Waals surface area contributed by atoms with Crippen LogP contribution in [0.15, 0.2) is 0 Å². The molecule has 2 rings (SSSR count). The molecule has 0 bridgehead atoms. The first-order valence-electron chi connectivity index (χ1n) is 9.33. The highest BCUT2D eigenvalue weighted by Gasteiger charge is 2.30. The molecule has 0 aromatic heterocycles. The van der Waals surface area contributed by atoms with Crippen molar-refractivity contribution in [3.05, 3.63) is 0 Å². The van der Waals surface area contributed by atoms with E-state index < -0.39 is 5.60 Å². The topological polar surface area (TPSA) is 53.6 Å². The molecular weight excluding hydrogens is 290 g/mol. The van der Waals surface area contributed by atoms with E-state index in [1.807, 2.05) is 20.8 Å². The molecule has 2 unspecified atom stereocenters. The summed E-state index contributed by atoms with van der Waals surface area (Å²) in [4.78, 5) is 14.4. The molecule has 2 fully saturated rings. The molecule has 5 heteroatoms. The molecule has 5 nitrogen and oxygen atoms in total. The van der Waals surface area contributed by atoms with Crippen molar-refractivity contribution in [2.45, 2.75) is 77.5 Å². The number of carbonyl (C=O) groups excluding carboxylic acids is 1. The van der Waals surface area contributed by atoms with Gasteiger partial charge in [0.05, 0.1) is 0 Å². The van der Waals surface area contributed by atoms with Gasteiger partial charge in [-0.15, -0.1) is 0 Å². The third-order valence-electron chi connectivity index (χ3n) is 4.84. The first-order valence-corrected chi connectivity index (χ1v) is 9.33. The lowest BCUT2D eigenvalue weighted by Gasteiger charge is -2.25. The lowest BCUT2D eigenvalue weighted by molar-refractivity contribution is 0.0517. The highest BCUT2D eigenvalue weighted by molar-refractivity contribution is 5.67. The molecule has 134 valence electrons. The van der Waals surface area contributed by atoms with Gasteiger partial charge in [0.1, 0.15) is 5.60 Å². The molecule has 0 aliphatic heterocycles. The smallest absolute Gasteiger partial charge is 0.407 e. The SMILES string of the molecule is CCN(CCNC1CCCC1CNC(=O)OC(C)(C)C)C1CC1. The molecule has 0 aromatic carbocycles. The molecule has 2 atom stereocenters. The van der Waals surface area contributed by atoms with Crippen LogP contribution in [-0.2, 0) is 4.74 Å². The van der Waals surface area contributed by atoms with Crippen LogP contribution >= 0.6 is 0 Å². The van der Waals surface area contributed by atoms with Crippen molar-refractivity contribution in [1.82, 2.24) is 15.5 Å². The number of ether oxygens (including phenoxy) is 1. The van der Waals surface area contributed by atoms with Gasteiger partial charge >= 0.3 is 6.09 Å². The summed E-state index contributed by atoms with van der Waals surface area (Å²) >= 11 is 0. The highest BCUT2D eigenvalue weighted by atomic mass is 16.6. The predicted molar refractivity (Wildman–Crippen MR) is 93.6 cm³/mol. The van der Waals surface area contributed by atoms with E-state index in [1.54, 1.807) is 0 Å². The fraction of sp³-hybridized carbons (Fsp3) is 0.944. The molecule has 1 amide bonds. The number of likely N-dealkylation sites (N-methyl/N-ethyl adjacent to an activating group) is 1. The molecule has 0 saturated heterocycles. The second kappa shape index (κ2) is 8.34. The Morgan fingerprint density at radius 2 is 1.96 bits per heavy atom. The maximum absolute atomic E-state index is 11.8. The fourth-order valence-corrected chi connectivity index (χ4v) is 3.51. The van der Waals surface area contributed by atoms with E-state index in [2.05, 4.69) is 22.5 Å². The molecule has 2 N–H and O–H groups in total. The second-order valence-electron chi connectivity index (χ2n) is 7.99. The zero-order valence-electron chi connectivity index (χ0n) is 15.4. The normalized spacial score (nSPS) is 24.9. The third kappa shape index (κ3) is 6.68. The first-order chi connectivity index (χ1) is 10.9. The summed E-state index contributed by atoms with van der Waals surface area (Å²) in [5, 5.41) is 6.66. The Hall–Kier alpha value is -0.810. The van der Waals surface area contributed by atoms with Crippen LogP contribution in [0.3, 0.4) is 0 Å². The van der Waals surface area contributed by atoms with Gasteiger partial charge in [0.25, 0.3) is 0 Å². The number of rotatable bonds is 8. The standard InChI is InChI=1S/C18H35N3O2/c1-5-21(15-9-10-15)12-11-19-16-8-6-7-14(16)13-20-17(22)23-18(2,3)4/h14-16,19H,5-13H2,1-4H3,(H,20,22). The van der Waals surface area contributed by atoms with Crippen LogP contribution in [0.5, 0.6) is 0 Å². The molecule has 2 aliphatic rings. The van der Waals surface area contributed by atoms with Crippen molar-refractivity contribution in [2.75, 3.05) is 26.2 Å². The van der Waals surface area contributed by atoms with Crippen LogP contribution in [0.4, 0.5) is 4.79 Å². The molecule has 0 radical (unpaired) electrons. The highest BCUT2D eigenvalue weighted by Crippen LogP contribution is 2.27. The van der Waals surface area contributed by atoms with Crippen LogP contribution in [0.25, 0.3) is 0 Å². The zero-order valence-corrected chi connectivity index (χ0v) is 15.4. The minimum atomic E-state index is -0.427. The van der Waals surface area contributed by atoms with E-state index in [1.165, 1.54) is 32.1 Å². The molecule has 0 spiro atoms. The second-order valence-corrected chi connectivity index (χ2v) is 7.99. The van der Waals surface area contributed by atoms with Crippen LogP contribution in [0, 0.1) is 5.92 Å². The quantitative estimate of drug-likeness (QED) is 0.720. The van der Waals surface area contributed by atoms with Gasteiger partial charge in [-0.05, 0) is 58.9 Å².